The number of anilines is 2. The predicted octanol–water partition coefficient (Wildman–Crippen LogP) is 3.95. The smallest absolute Gasteiger partial charge is 0.0367 e. The van der Waals surface area contributed by atoms with Gasteiger partial charge in [-0.2, -0.15) is 0 Å². The van der Waals surface area contributed by atoms with Gasteiger partial charge in [-0.05, 0) is 70.4 Å². The highest BCUT2D eigenvalue weighted by Crippen LogP contribution is 2.28. The van der Waals surface area contributed by atoms with Gasteiger partial charge in [-0.3, -0.25) is 0 Å². The number of rotatable bonds is 1. The van der Waals surface area contributed by atoms with Crippen molar-refractivity contribution in [2.24, 2.45) is 0 Å². The first-order valence-corrected chi connectivity index (χ1v) is 6.45. The highest BCUT2D eigenvalue weighted by atomic mass is 15.1. The second kappa shape index (κ2) is 4.16. The average molecular weight is 250 g/mol. The molecule has 0 amide bonds. The zero-order valence-electron chi connectivity index (χ0n) is 11.6. The molecular weight excluding hydrogens is 232 g/mol. The molecule has 2 nitrogen and oxygen atoms in total. The van der Waals surface area contributed by atoms with Crippen molar-refractivity contribution in [3.8, 4) is 0 Å². The molecule has 3 aromatic rings. The van der Waals surface area contributed by atoms with Crippen LogP contribution in [0.5, 0.6) is 0 Å². The molecule has 0 aliphatic rings. The molecule has 3 rings (SSSR count). The van der Waals surface area contributed by atoms with Crippen molar-refractivity contribution < 1.29 is 0 Å². The van der Waals surface area contributed by atoms with Gasteiger partial charge in [-0.25, -0.2) is 0 Å². The third-order valence-corrected chi connectivity index (χ3v) is 3.68. The monoisotopic (exact) mass is 250 g/mol. The summed E-state index contributed by atoms with van der Waals surface area (Å²) in [6.45, 7) is 2.05. The van der Waals surface area contributed by atoms with Crippen LogP contribution < -0.4 is 10.6 Å². The molecule has 19 heavy (non-hydrogen) atoms. The first-order valence-electron chi connectivity index (χ1n) is 6.45. The largest absolute Gasteiger partial charge is 0.398 e. The Morgan fingerprint density at radius 3 is 2.16 bits per heavy atom. The zero-order chi connectivity index (χ0) is 13.6. The van der Waals surface area contributed by atoms with Crippen LogP contribution in [-0.4, -0.2) is 14.1 Å². The van der Waals surface area contributed by atoms with E-state index in [1.54, 1.807) is 0 Å². The zero-order valence-corrected chi connectivity index (χ0v) is 11.6. The quantitative estimate of drug-likeness (QED) is 0.523. The molecule has 0 bridgehead atoms. The van der Waals surface area contributed by atoms with E-state index < -0.39 is 0 Å². The van der Waals surface area contributed by atoms with E-state index in [0.29, 0.717) is 0 Å². The Labute approximate surface area is 113 Å². The lowest BCUT2D eigenvalue weighted by molar-refractivity contribution is 1.14. The summed E-state index contributed by atoms with van der Waals surface area (Å²) >= 11 is 0. The summed E-state index contributed by atoms with van der Waals surface area (Å²) in [5.41, 5.74) is 9.21. The minimum absolute atomic E-state index is 0.857. The molecule has 0 saturated heterocycles. The number of hydrogen-bond donors (Lipinski definition) is 1. The van der Waals surface area contributed by atoms with Crippen molar-refractivity contribution in [1.82, 2.24) is 0 Å². The summed E-state index contributed by atoms with van der Waals surface area (Å²) in [5, 5.41) is 4.97. The molecular formula is C17H18N2. The van der Waals surface area contributed by atoms with Crippen LogP contribution in [0.1, 0.15) is 5.56 Å². The lowest BCUT2D eigenvalue weighted by Crippen LogP contribution is -2.07. The first kappa shape index (κ1) is 11.8. The predicted molar refractivity (Wildman–Crippen MR) is 84.9 cm³/mol. The molecule has 96 valence electrons. The molecule has 2 heteroatoms. The Kier molecular flexibility index (Phi) is 2.59. The van der Waals surface area contributed by atoms with Gasteiger partial charge in [0.25, 0.3) is 0 Å². The van der Waals surface area contributed by atoms with Crippen molar-refractivity contribution in [3.63, 3.8) is 0 Å². The number of aryl methyl sites for hydroxylation is 1. The molecule has 0 heterocycles. The molecule has 0 fully saturated rings. The Balaban J connectivity index is 2.32. The summed E-state index contributed by atoms with van der Waals surface area (Å²) in [6.07, 6.45) is 0. The number of benzene rings is 3. The number of nitrogen functional groups attached to an aromatic ring is 1. The van der Waals surface area contributed by atoms with Crippen molar-refractivity contribution in [2.45, 2.75) is 6.92 Å². The Morgan fingerprint density at radius 2 is 1.42 bits per heavy atom. The Hall–Kier alpha value is -2.22. The van der Waals surface area contributed by atoms with Crippen LogP contribution in [-0.2, 0) is 0 Å². The third kappa shape index (κ3) is 1.99. The van der Waals surface area contributed by atoms with Crippen molar-refractivity contribution in [2.75, 3.05) is 24.7 Å². The molecule has 0 saturated carbocycles. The van der Waals surface area contributed by atoms with Crippen molar-refractivity contribution >= 4 is 32.9 Å². The van der Waals surface area contributed by atoms with E-state index in [9.17, 15) is 0 Å². The fourth-order valence-electron chi connectivity index (χ4n) is 2.45. The van der Waals surface area contributed by atoms with Gasteiger partial charge in [0, 0.05) is 25.5 Å². The maximum atomic E-state index is 6.00. The van der Waals surface area contributed by atoms with E-state index >= 15 is 0 Å². The molecule has 0 aliphatic carbocycles. The number of nitrogens with two attached hydrogens (primary N) is 1. The van der Waals surface area contributed by atoms with Gasteiger partial charge in [0.05, 0.1) is 0 Å². The summed E-state index contributed by atoms with van der Waals surface area (Å²) in [5.74, 6) is 0. The van der Waals surface area contributed by atoms with Crippen LogP contribution in [0.4, 0.5) is 11.4 Å². The van der Waals surface area contributed by atoms with E-state index in [0.717, 1.165) is 11.3 Å². The molecule has 0 radical (unpaired) electrons. The van der Waals surface area contributed by atoms with Crippen LogP contribution in [0.2, 0.25) is 0 Å². The summed E-state index contributed by atoms with van der Waals surface area (Å²) in [6, 6.07) is 15.2. The summed E-state index contributed by atoms with van der Waals surface area (Å²) in [4.78, 5) is 2.12. The van der Waals surface area contributed by atoms with E-state index in [-0.39, 0.29) is 0 Å². The fraction of sp³-hybridized carbons (Fsp3) is 0.176. The molecule has 0 aliphatic heterocycles. The van der Waals surface area contributed by atoms with Crippen LogP contribution >= 0.6 is 0 Å². The minimum Gasteiger partial charge on any atom is -0.398 e. The average Bonchev–Trinajstić information content (AvgIpc) is 2.37. The third-order valence-electron chi connectivity index (χ3n) is 3.68. The SMILES string of the molecule is Cc1cc2cc3ccc(N(C)C)cc3cc2cc1N. The van der Waals surface area contributed by atoms with Crippen LogP contribution in [0.3, 0.4) is 0 Å². The maximum Gasteiger partial charge on any atom is 0.0367 e. The van der Waals surface area contributed by atoms with Gasteiger partial charge >= 0.3 is 0 Å². The number of fused-ring (bicyclic) bond motifs is 2. The standard InChI is InChI=1S/C17H18N2/c1-11-6-13-7-12-4-5-16(19(2)3)9-14(12)8-15(13)10-17(11)18/h4-10H,18H2,1-3H3. The topological polar surface area (TPSA) is 29.3 Å². The molecule has 0 atom stereocenters. The van der Waals surface area contributed by atoms with Gasteiger partial charge < -0.3 is 10.6 Å². The molecule has 2 N–H and O–H groups in total. The second-order valence-corrected chi connectivity index (χ2v) is 5.33. The summed E-state index contributed by atoms with van der Waals surface area (Å²) in [7, 11) is 4.12. The van der Waals surface area contributed by atoms with Crippen molar-refractivity contribution in [1.29, 1.82) is 0 Å². The van der Waals surface area contributed by atoms with Gasteiger partial charge in [-0.1, -0.05) is 6.07 Å². The highest BCUT2D eigenvalue weighted by molar-refractivity contribution is 6.00. The number of hydrogen-bond acceptors (Lipinski definition) is 2. The molecule has 0 spiro atoms. The Morgan fingerprint density at radius 1 is 0.789 bits per heavy atom. The molecule has 0 unspecified atom stereocenters. The Bertz CT molecular complexity index is 773. The van der Waals surface area contributed by atoms with E-state index in [1.807, 2.05) is 6.92 Å². The summed E-state index contributed by atoms with van der Waals surface area (Å²) < 4.78 is 0. The van der Waals surface area contributed by atoms with Crippen molar-refractivity contribution in [3.05, 3.63) is 48.0 Å². The lowest BCUT2D eigenvalue weighted by Gasteiger charge is -2.13. The maximum absolute atomic E-state index is 6.00. The second-order valence-electron chi connectivity index (χ2n) is 5.33. The highest BCUT2D eigenvalue weighted by Gasteiger charge is 2.03. The van der Waals surface area contributed by atoms with Gasteiger partial charge in [0.2, 0.25) is 0 Å². The molecule has 0 aromatic heterocycles. The van der Waals surface area contributed by atoms with Gasteiger partial charge in [0.1, 0.15) is 0 Å². The van der Waals surface area contributed by atoms with E-state index in [1.165, 1.54) is 27.2 Å². The van der Waals surface area contributed by atoms with Gasteiger partial charge in [-0.15, -0.1) is 0 Å². The van der Waals surface area contributed by atoms with Crippen LogP contribution in [0.25, 0.3) is 21.5 Å². The number of nitrogens with zero attached hydrogens (tertiary/aromatic N) is 1. The minimum atomic E-state index is 0.857. The molecule has 3 aromatic carbocycles. The van der Waals surface area contributed by atoms with Crippen LogP contribution in [0.15, 0.2) is 42.5 Å². The fourth-order valence-corrected chi connectivity index (χ4v) is 2.45. The van der Waals surface area contributed by atoms with Crippen LogP contribution in [0, 0.1) is 6.92 Å². The first-order chi connectivity index (χ1) is 9.04. The lowest BCUT2D eigenvalue weighted by atomic mass is 10.0. The van der Waals surface area contributed by atoms with E-state index in [4.69, 9.17) is 5.73 Å². The van der Waals surface area contributed by atoms with E-state index in [2.05, 4.69) is 61.5 Å². The van der Waals surface area contributed by atoms with Gasteiger partial charge in [0.15, 0.2) is 0 Å². The normalized spacial score (nSPS) is 11.1.